The zero-order chi connectivity index (χ0) is 16.5. The molecule has 1 N–H and O–H groups in total. The molecule has 4 heteroatoms. The SMILES string of the molecule is CCC(=O)Nc1cccc(-c2nc3c(ccc4ccccc43)o2)c1. The highest BCUT2D eigenvalue weighted by molar-refractivity contribution is 6.04. The minimum atomic E-state index is -0.0179. The van der Waals surface area contributed by atoms with Crippen LogP contribution in [0, 0.1) is 0 Å². The summed E-state index contributed by atoms with van der Waals surface area (Å²) in [6.07, 6.45) is 0.444. The highest BCUT2D eigenvalue weighted by atomic mass is 16.3. The van der Waals surface area contributed by atoms with Gasteiger partial charge in [-0.05, 0) is 29.7 Å². The fourth-order valence-corrected chi connectivity index (χ4v) is 2.76. The number of carbonyl (C=O) groups is 1. The number of oxazole rings is 1. The van der Waals surface area contributed by atoms with E-state index in [-0.39, 0.29) is 5.91 Å². The lowest BCUT2D eigenvalue weighted by Gasteiger charge is -2.04. The summed E-state index contributed by atoms with van der Waals surface area (Å²) in [5.74, 6) is 0.532. The second-order valence-corrected chi connectivity index (χ2v) is 5.63. The van der Waals surface area contributed by atoms with E-state index in [0.29, 0.717) is 12.3 Å². The molecule has 0 saturated carbocycles. The summed E-state index contributed by atoms with van der Waals surface area (Å²) in [6, 6.07) is 19.6. The van der Waals surface area contributed by atoms with Crippen molar-refractivity contribution in [3.05, 3.63) is 60.7 Å². The summed E-state index contributed by atoms with van der Waals surface area (Å²) in [5.41, 5.74) is 3.19. The number of nitrogens with zero attached hydrogens (tertiary/aromatic N) is 1. The Balaban J connectivity index is 1.81. The average molecular weight is 316 g/mol. The Morgan fingerprint density at radius 2 is 1.96 bits per heavy atom. The Kier molecular flexibility index (Phi) is 3.50. The zero-order valence-electron chi connectivity index (χ0n) is 13.2. The first-order valence-corrected chi connectivity index (χ1v) is 7.93. The van der Waals surface area contributed by atoms with Gasteiger partial charge in [-0.1, -0.05) is 43.3 Å². The minimum absolute atomic E-state index is 0.0179. The van der Waals surface area contributed by atoms with Crippen molar-refractivity contribution in [3.63, 3.8) is 0 Å². The van der Waals surface area contributed by atoms with Gasteiger partial charge in [-0.25, -0.2) is 4.98 Å². The number of amides is 1. The molecule has 0 unspecified atom stereocenters. The predicted octanol–water partition coefficient (Wildman–Crippen LogP) is 5.00. The molecule has 0 saturated heterocycles. The van der Waals surface area contributed by atoms with Crippen molar-refractivity contribution in [1.29, 1.82) is 0 Å². The number of hydrogen-bond acceptors (Lipinski definition) is 3. The third-order valence-electron chi connectivity index (χ3n) is 4.00. The number of carbonyl (C=O) groups excluding carboxylic acids is 1. The molecule has 3 aromatic carbocycles. The molecule has 4 rings (SSSR count). The molecule has 4 aromatic rings. The van der Waals surface area contributed by atoms with Crippen molar-refractivity contribution < 1.29 is 9.21 Å². The molecule has 0 spiro atoms. The van der Waals surface area contributed by atoms with E-state index < -0.39 is 0 Å². The van der Waals surface area contributed by atoms with E-state index in [4.69, 9.17) is 4.42 Å². The molecule has 24 heavy (non-hydrogen) atoms. The van der Waals surface area contributed by atoms with Gasteiger partial charge in [0.15, 0.2) is 5.58 Å². The summed E-state index contributed by atoms with van der Waals surface area (Å²) in [6.45, 7) is 1.82. The van der Waals surface area contributed by atoms with Crippen LogP contribution in [-0.2, 0) is 4.79 Å². The number of aromatic nitrogens is 1. The van der Waals surface area contributed by atoms with Crippen molar-refractivity contribution >= 4 is 33.5 Å². The Labute approximate surface area is 139 Å². The first-order valence-electron chi connectivity index (χ1n) is 7.93. The van der Waals surface area contributed by atoms with Gasteiger partial charge in [-0.15, -0.1) is 0 Å². The Hall–Kier alpha value is -3.14. The molecule has 1 amide bonds. The molecule has 1 aromatic heterocycles. The van der Waals surface area contributed by atoms with Gasteiger partial charge in [0.25, 0.3) is 0 Å². The number of rotatable bonds is 3. The lowest BCUT2D eigenvalue weighted by atomic mass is 10.1. The van der Waals surface area contributed by atoms with Crippen LogP contribution in [0.1, 0.15) is 13.3 Å². The van der Waals surface area contributed by atoms with Crippen LogP contribution in [0.2, 0.25) is 0 Å². The lowest BCUT2D eigenvalue weighted by Crippen LogP contribution is -2.09. The van der Waals surface area contributed by atoms with Gasteiger partial charge in [0.2, 0.25) is 11.8 Å². The first-order chi connectivity index (χ1) is 11.7. The van der Waals surface area contributed by atoms with Gasteiger partial charge >= 0.3 is 0 Å². The highest BCUT2D eigenvalue weighted by Crippen LogP contribution is 2.30. The maximum absolute atomic E-state index is 11.6. The van der Waals surface area contributed by atoms with Gasteiger partial charge in [-0.2, -0.15) is 0 Å². The highest BCUT2D eigenvalue weighted by Gasteiger charge is 2.11. The lowest BCUT2D eigenvalue weighted by molar-refractivity contribution is -0.115. The standard InChI is InChI=1S/C20H16N2O2/c1-2-18(23)21-15-8-5-7-14(12-15)20-22-19-16-9-4-3-6-13(16)10-11-17(19)24-20/h3-12H,2H2,1H3,(H,21,23). The second-order valence-electron chi connectivity index (χ2n) is 5.63. The predicted molar refractivity (Wildman–Crippen MR) is 95.9 cm³/mol. The number of hydrogen-bond donors (Lipinski definition) is 1. The summed E-state index contributed by atoms with van der Waals surface area (Å²) < 4.78 is 5.92. The van der Waals surface area contributed by atoms with Crippen LogP contribution in [0.15, 0.2) is 65.1 Å². The first kappa shape index (κ1) is 14.5. The van der Waals surface area contributed by atoms with E-state index in [1.165, 1.54) is 0 Å². The third-order valence-corrected chi connectivity index (χ3v) is 4.00. The van der Waals surface area contributed by atoms with Gasteiger partial charge in [0.1, 0.15) is 5.52 Å². The molecule has 0 aliphatic rings. The van der Waals surface area contributed by atoms with Crippen molar-refractivity contribution in [2.24, 2.45) is 0 Å². The molecule has 0 atom stereocenters. The van der Waals surface area contributed by atoms with Crippen LogP contribution >= 0.6 is 0 Å². The van der Waals surface area contributed by atoms with Crippen LogP contribution in [0.4, 0.5) is 5.69 Å². The molecular weight excluding hydrogens is 300 g/mol. The van der Waals surface area contributed by atoms with Crippen LogP contribution in [0.25, 0.3) is 33.3 Å². The summed E-state index contributed by atoms with van der Waals surface area (Å²) >= 11 is 0. The van der Waals surface area contributed by atoms with Crippen molar-refractivity contribution in [2.45, 2.75) is 13.3 Å². The quantitative estimate of drug-likeness (QED) is 0.579. The summed E-state index contributed by atoms with van der Waals surface area (Å²) in [5, 5.41) is 5.06. The van der Waals surface area contributed by atoms with Gasteiger partial charge in [-0.3, -0.25) is 4.79 Å². The van der Waals surface area contributed by atoms with Crippen LogP contribution in [0.3, 0.4) is 0 Å². The van der Waals surface area contributed by atoms with Gasteiger partial charge in [0.05, 0.1) is 0 Å². The van der Waals surface area contributed by atoms with Crippen LogP contribution in [-0.4, -0.2) is 10.9 Å². The van der Waals surface area contributed by atoms with E-state index in [0.717, 1.165) is 33.1 Å². The molecule has 0 bridgehead atoms. The molecular formula is C20H16N2O2. The number of nitrogens with one attached hydrogen (secondary N) is 1. The Bertz CT molecular complexity index is 1050. The Morgan fingerprint density at radius 3 is 2.83 bits per heavy atom. The number of anilines is 1. The minimum Gasteiger partial charge on any atom is -0.436 e. The maximum Gasteiger partial charge on any atom is 0.227 e. The molecule has 4 nitrogen and oxygen atoms in total. The van der Waals surface area contributed by atoms with Crippen LogP contribution < -0.4 is 5.32 Å². The molecule has 0 aliphatic heterocycles. The largest absolute Gasteiger partial charge is 0.436 e. The van der Waals surface area contributed by atoms with E-state index >= 15 is 0 Å². The van der Waals surface area contributed by atoms with Gasteiger partial charge in [0, 0.05) is 23.1 Å². The third kappa shape index (κ3) is 2.52. The normalized spacial score (nSPS) is 11.0. The smallest absolute Gasteiger partial charge is 0.227 e. The van der Waals surface area contributed by atoms with Crippen molar-refractivity contribution in [1.82, 2.24) is 4.98 Å². The number of benzene rings is 3. The van der Waals surface area contributed by atoms with Crippen molar-refractivity contribution in [3.8, 4) is 11.5 Å². The second kappa shape index (κ2) is 5.81. The molecule has 0 radical (unpaired) electrons. The summed E-state index contributed by atoms with van der Waals surface area (Å²) in [4.78, 5) is 16.2. The fraction of sp³-hybridized carbons (Fsp3) is 0.100. The Morgan fingerprint density at radius 1 is 1.08 bits per heavy atom. The monoisotopic (exact) mass is 316 g/mol. The van der Waals surface area contributed by atoms with Crippen molar-refractivity contribution in [2.75, 3.05) is 5.32 Å². The molecule has 1 heterocycles. The molecule has 118 valence electrons. The topological polar surface area (TPSA) is 55.1 Å². The number of fused-ring (bicyclic) bond motifs is 3. The van der Waals surface area contributed by atoms with E-state index in [1.54, 1.807) is 0 Å². The summed E-state index contributed by atoms with van der Waals surface area (Å²) in [7, 11) is 0. The van der Waals surface area contributed by atoms with E-state index in [2.05, 4.69) is 16.4 Å². The van der Waals surface area contributed by atoms with E-state index in [9.17, 15) is 4.79 Å². The van der Waals surface area contributed by atoms with Gasteiger partial charge < -0.3 is 9.73 Å². The average Bonchev–Trinajstić information content (AvgIpc) is 3.06. The van der Waals surface area contributed by atoms with Crippen LogP contribution in [0.5, 0.6) is 0 Å². The van der Waals surface area contributed by atoms with E-state index in [1.807, 2.05) is 61.5 Å². The zero-order valence-corrected chi connectivity index (χ0v) is 13.2. The molecule has 0 aliphatic carbocycles. The maximum atomic E-state index is 11.6. The fourth-order valence-electron chi connectivity index (χ4n) is 2.76. The molecule has 0 fully saturated rings.